The lowest BCUT2D eigenvalue weighted by molar-refractivity contribution is -0.141. The van der Waals surface area contributed by atoms with Crippen molar-refractivity contribution in [2.24, 2.45) is 0 Å². The Bertz CT molecular complexity index is 1290. The molecular weight excluding hydrogens is 434 g/mol. The second-order valence-electron chi connectivity index (χ2n) is 7.57. The van der Waals surface area contributed by atoms with Gasteiger partial charge in [0.1, 0.15) is 12.3 Å². The smallest absolute Gasteiger partial charge is 0.321 e. The summed E-state index contributed by atoms with van der Waals surface area (Å²) in [6, 6.07) is 8.11. The van der Waals surface area contributed by atoms with E-state index in [1.807, 2.05) is 13.8 Å². The van der Waals surface area contributed by atoms with Crippen LogP contribution in [0.15, 0.2) is 39.8 Å². The molecule has 1 aromatic carbocycles. The van der Waals surface area contributed by atoms with Gasteiger partial charge in [-0.05, 0) is 63.9 Å². The molecule has 2 heterocycles. The first kappa shape index (κ1) is 23.4. The number of Topliss-reactive ketones (excluding diaryl/α,β-unsaturated/α-hetero) is 1. The van der Waals surface area contributed by atoms with Crippen molar-refractivity contribution in [3.8, 4) is 5.82 Å². The van der Waals surface area contributed by atoms with Gasteiger partial charge >= 0.3 is 5.97 Å². The minimum atomic E-state index is -3.88. The molecule has 0 aliphatic carbocycles. The monoisotopic (exact) mass is 459 g/mol. The molecule has 0 saturated carbocycles. The molecule has 3 rings (SSSR count). The Morgan fingerprint density at radius 3 is 2.41 bits per heavy atom. The van der Waals surface area contributed by atoms with Gasteiger partial charge in [0, 0.05) is 23.0 Å². The Morgan fingerprint density at radius 2 is 1.78 bits per heavy atom. The fraction of sp³-hybridized carbons (Fsp3) is 0.318. The summed E-state index contributed by atoms with van der Waals surface area (Å²) >= 11 is 0. The third-order valence-electron chi connectivity index (χ3n) is 5.14. The van der Waals surface area contributed by atoms with Crippen LogP contribution in [0.4, 0.5) is 0 Å². The quantitative estimate of drug-likeness (QED) is 0.406. The van der Waals surface area contributed by atoms with Crippen LogP contribution in [0.3, 0.4) is 0 Å². The topological polar surface area (TPSA) is 120 Å². The lowest BCUT2D eigenvalue weighted by Gasteiger charge is -2.09. The van der Waals surface area contributed by atoms with Crippen LogP contribution in [0.2, 0.25) is 0 Å². The highest BCUT2D eigenvalue weighted by Crippen LogP contribution is 2.21. The molecular formula is C22H25N3O6S. The molecule has 0 radical (unpaired) electrons. The number of sulfonamides is 1. The molecule has 9 nitrogen and oxygen atoms in total. The highest BCUT2D eigenvalue weighted by molar-refractivity contribution is 7.89. The maximum atomic E-state index is 12.6. The van der Waals surface area contributed by atoms with E-state index in [1.54, 1.807) is 43.5 Å². The summed E-state index contributed by atoms with van der Waals surface area (Å²) in [4.78, 5) is 24.7. The molecule has 0 atom stereocenters. The van der Waals surface area contributed by atoms with Gasteiger partial charge in [-0.25, -0.2) is 8.42 Å². The number of esters is 1. The van der Waals surface area contributed by atoms with E-state index >= 15 is 0 Å². The standard InChI is InChI=1S/C22H25N3O6S/c1-13-6-7-18(8-14(13)2)32(28,29)23-11-22(27)30-12-20(26)19-9-15(3)25(17(19)5)21-10-16(4)31-24-21/h6-10,23H,11-12H2,1-5H3. The molecule has 0 aliphatic rings. The van der Waals surface area contributed by atoms with Gasteiger partial charge in [0.05, 0.1) is 4.90 Å². The Balaban J connectivity index is 1.60. The molecule has 32 heavy (non-hydrogen) atoms. The lowest BCUT2D eigenvalue weighted by Crippen LogP contribution is -2.31. The summed E-state index contributed by atoms with van der Waals surface area (Å²) in [7, 11) is -3.88. The van der Waals surface area contributed by atoms with Gasteiger partial charge in [0.2, 0.25) is 15.8 Å². The number of rotatable bonds is 8. The summed E-state index contributed by atoms with van der Waals surface area (Å²) in [5.41, 5.74) is 3.56. The van der Waals surface area contributed by atoms with E-state index in [-0.39, 0.29) is 4.90 Å². The summed E-state index contributed by atoms with van der Waals surface area (Å²) in [5.74, 6) is -0.0755. The first-order valence-electron chi connectivity index (χ1n) is 9.88. The van der Waals surface area contributed by atoms with E-state index in [0.29, 0.717) is 22.8 Å². The third-order valence-corrected chi connectivity index (χ3v) is 6.53. The SMILES string of the molecule is Cc1cc(-n2c(C)cc(C(=O)COC(=O)CNS(=O)(=O)c3ccc(C)c(C)c3)c2C)no1. The number of nitrogens with zero attached hydrogens (tertiary/aromatic N) is 2. The van der Waals surface area contributed by atoms with Crippen molar-refractivity contribution in [2.45, 2.75) is 39.5 Å². The van der Waals surface area contributed by atoms with Crippen molar-refractivity contribution in [1.29, 1.82) is 0 Å². The van der Waals surface area contributed by atoms with Crippen LogP contribution >= 0.6 is 0 Å². The Hall–Kier alpha value is -3.24. The van der Waals surface area contributed by atoms with Crippen molar-refractivity contribution in [1.82, 2.24) is 14.4 Å². The van der Waals surface area contributed by atoms with Gasteiger partial charge in [0.15, 0.2) is 12.4 Å². The minimum Gasteiger partial charge on any atom is -0.456 e. The highest BCUT2D eigenvalue weighted by atomic mass is 32.2. The molecule has 0 fully saturated rings. The van der Waals surface area contributed by atoms with Gasteiger partial charge in [-0.2, -0.15) is 4.72 Å². The molecule has 0 amide bonds. The molecule has 0 spiro atoms. The van der Waals surface area contributed by atoms with Gasteiger partial charge in [0.25, 0.3) is 0 Å². The van der Waals surface area contributed by atoms with Crippen molar-refractivity contribution < 1.29 is 27.3 Å². The molecule has 2 aromatic heterocycles. The van der Waals surface area contributed by atoms with Crippen LogP contribution in [-0.2, 0) is 19.6 Å². The molecule has 0 aliphatic heterocycles. The van der Waals surface area contributed by atoms with Crippen LogP contribution in [-0.4, -0.2) is 43.0 Å². The number of ether oxygens (including phenoxy) is 1. The average molecular weight is 460 g/mol. The number of carbonyl (C=O) groups excluding carboxylic acids is 2. The minimum absolute atomic E-state index is 0.0556. The number of benzene rings is 1. The number of hydrogen-bond donors (Lipinski definition) is 1. The normalized spacial score (nSPS) is 11.5. The molecule has 1 N–H and O–H groups in total. The molecule has 10 heteroatoms. The number of aromatic nitrogens is 2. The maximum absolute atomic E-state index is 12.6. The maximum Gasteiger partial charge on any atom is 0.321 e. The number of ketones is 1. The Labute approximate surface area is 186 Å². The van der Waals surface area contributed by atoms with Crippen molar-refractivity contribution in [3.63, 3.8) is 0 Å². The third kappa shape index (κ3) is 4.97. The van der Waals surface area contributed by atoms with Crippen molar-refractivity contribution in [2.75, 3.05) is 13.2 Å². The molecule has 0 bridgehead atoms. The summed E-state index contributed by atoms with van der Waals surface area (Å²) < 4.78 is 38.8. The number of hydrogen-bond acceptors (Lipinski definition) is 7. The first-order chi connectivity index (χ1) is 15.0. The fourth-order valence-corrected chi connectivity index (χ4v) is 4.30. The summed E-state index contributed by atoms with van der Waals surface area (Å²) in [6.45, 7) is 7.92. The zero-order chi connectivity index (χ0) is 23.6. The molecule has 0 unspecified atom stereocenters. The van der Waals surface area contributed by atoms with Crippen LogP contribution < -0.4 is 4.72 Å². The van der Waals surface area contributed by atoms with E-state index < -0.39 is 34.9 Å². The van der Waals surface area contributed by atoms with E-state index in [9.17, 15) is 18.0 Å². The van der Waals surface area contributed by atoms with Gasteiger partial charge in [-0.1, -0.05) is 11.2 Å². The molecule has 0 saturated heterocycles. The van der Waals surface area contributed by atoms with Gasteiger partial charge in [-0.15, -0.1) is 0 Å². The second-order valence-corrected chi connectivity index (χ2v) is 9.34. The zero-order valence-electron chi connectivity index (χ0n) is 18.6. The van der Waals surface area contributed by atoms with Crippen LogP contribution in [0.1, 0.15) is 38.6 Å². The summed E-state index contributed by atoms with van der Waals surface area (Å²) in [6.07, 6.45) is 0. The van der Waals surface area contributed by atoms with E-state index in [4.69, 9.17) is 9.26 Å². The number of nitrogens with one attached hydrogen (secondary N) is 1. The molecule has 170 valence electrons. The lowest BCUT2D eigenvalue weighted by atomic mass is 10.1. The van der Waals surface area contributed by atoms with Crippen LogP contribution in [0, 0.1) is 34.6 Å². The van der Waals surface area contributed by atoms with Gasteiger partial charge in [-0.3, -0.25) is 14.2 Å². The average Bonchev–Trinajstić information content (AvgIpc) is 3.28. The number of aryl methyl sites for hydroxylation is 4. The number of carbonyl (C=O) groups is 2. The zero-order valence-corrected chi connectivity index (χ0v) is 19.4. The first-order valence-corrected chi connectivity index (χ1v) is 11.4. The van der Waals surface area contributed by atoms with E-state index in [0.717, 1.165) is 16.8 Å². The van der Waals surface area contributed by atoms with Crippen molar-refractivity contribution >= 4 is 21.8 Å². The van der Waals surface area contributed by atoms with Crippen molar-refractivity contribution in [3.05, 3.63) is 64.2 Å². The predicted molar refractivity (Wildman–Crippen MR) is 116 cm³/mol. The fourth-order valence-electron chi connectivity index (χ4n) is 3.25. The Kier molecular flexibility index (Phi) is 6.65. The largest absolute Gasteiger partial charge is 0.456 e. The second kappa shape index (κ2) is 9.09. The van der Waals surface area contributed by atoms with E-state index in [2.05, 4.69) is 9.88 Å². The molecule has 3 aromatic rings. The van der Waals surface area contributed by atoms with Crippen LogP contribution in [0.25, 0.3) is 5.82 Å². The summed E-state index contributed by atoms with van der Waals surface area (Å²) in [5, 5.41) is 3.96. The highest BCUT2D eigenvalue weighted by Gasteiger charge is 2.21. The Morgan fingerprint density at radius 1 is 1.06 bits per heavy atom. The van der Waals surface area contributed by atoms with Crippen LogP contribution in [0.5, 0.6) is 0 Å². The van der Waals surface area contributed by atoms with Gasteiger partial charge < -0.3 is 9.26 Å². The van der Waals surface area contributed by atoms with E-state index in [1.165, 1.54) is 12.1 Å². The predicted octanol–water partition coefficient (Wildman–Crippen LogP) is 2.71.